The first kappa shape index (κ1) is 11.6. The van der Waals surface area contributed by atoms with Crippen molar-refractivity contribution in [2.75, 3.05) is 0 Å². The summed E-state index contributed by atoms with van der Waals surface area (Å²) in [6.07, 6.45) is 0. The molecule has 0 saturated heterocycles. The van der Waals surface area contributed by atoms with E-state index in [-0.39, 0.29) is 18.9 Å². The number of benzene rings is 2. The van der Waals surface area contributed by atoms with E-state index in [1.54, 1.807) is 0 Å². The predicted octanol–water partition coefficient (Wildman–Crippen LogP) is 1.07. The van der Waals surface area contributed by atoms with Gasteiger partial charge in [-0.2, -0.15) is 0 Å². The van der Waals surface area contributed by atoms with Crippen LogP contribution in [-0.2, 0) is 15.0 Å². The summed E-state index contributed by atoms with van der Waals surface area (Å²) in [4.78, 5) is 0. The molecule has 0 aromatic heterocycles. The van der Waals surface area contributed by atoms with E-state index in [0.29, 0.717) is 0 Å². The molecule has 0 radical (unpaired) electrons. The summed E-state index contributed by atoms with van der Waals surface area (Å²) in [5.74, 6) is 0. The van der Waals surface area contributed by atoms with Crippen molar-refractivity contribution in [2.24, 2.45) is 0 Å². The van der Waals surface area contributed by atoms with Crippen LogP contribution in [0.3, 0.4) is 0 Å². The molecule has 2 aromatic rings. The molecule has 71 valence electrons. The SMILES string of the molecule is [LiH].c1cc[c]([Cu][c]2ccccc2)cc1. The Hall–Kier alpha value is -0.443. The Morgan fingerprint density at radius 1 is 0.571 bits per heavy atom. The molecule has 0 heterocycles. The predicted molar refractivity (Wildman–Crippen MR) is 59.3 cm³/mol. The first-order valence-electron chi connectivity index (χ1n) is 4.12. The number of hydrogen-bond donors (Lipinski definition) is 0. The van der Waals surface area contributed by atoms with Crippen molar-refractivity contribution >= 4 is 27.8 Å². The van der Waals surface area contributed by atoms with Gasteiger partial charge in [0.05, 0.1) is 0 Å². The third-order valence-corrected chi connectivity index (χ3v) is 2.76. The van der Waals surface area contributed by atoms with Crippen molar-refractivity contribution in [3.05, 3.63) is 60.7 Å². The zero-order chi connectivity index (χ0) is 8.93. The normalized spacial score (nSPS) is 9.43. The monoisotopic (exact) mass is 225 g/mol. The minimum atomic E-state index is 0. The van der Waals surface area contributed by atoms with Gasteiger partial charge in [-0.25, -0.2) is 0 Å². The van der Waals surface area contributed by atoms with Crippen molar-refractivity contribution in [3.8, 4) is 0 Å². The molecule has 0 amide bonds. The topological polar surface area (TPSA) is 0 Å². The van der Waals surface area contributed by atoms with Crippen molar-refractivity contribution < 1.29 is 15.0 Å². The molecule has 0 N–H and O–H groups in total. The van der Waals surface area contributed by atoms with E-state index in [4.69, 9.17) is 0 Å². The Morgan fingerprint density at radius 3 is 1.29 bits per heavy atom. The maximum absolute atomic E-state index is 2.12. The summed E-state index contributed by atoms with van der Waals surface area (Å²) in [6.45, 7) is 0. The van der Waals surface area contributed by atoms with Crippen molar-refractivity contribution in [1.29, 1.82) is 0 Å². The van der Waals surface area contributed by atoms with Gasteiger partial charge in [0.25, 0.3) is 0 Å². The first-order valence-corrected chi connectivity index (χ1v) is 5.06. The molecule has 0 atom stereocenters. The average Bonchev–Trinajstić information content (AvgIpc) is 2.21. The fourth-order valence-electron chi connectivity index (χ4n) is 1.00. The van der Waals surface area contributed by atoms with Crippen molar-refractivity contribution in [3.63, 3.8) is 0 Å². The average molecular weight is 226 g/mol. The molecule has 0 nitrogen and oxygen atoms in total. The summed E-state index contributed by atoms with van der Waals surface area (Å²) < 4.78 is 2.55. The van der Waals surface area contributed by atoms with Crippen LogP contribution in [0.2, 0.25) is 0 Å². The molecule has 14 heavy (non-hydrogen) atoms. The zero-order valence-electron chi connectivity index (χ0n) is 7.08. The van der Waals surface area contributed by atoms with Gasteiger partial charge in [0, 0.05) is 0 Å². The third-order valence-electron chi connectivity index (χ3n) is 1.59. The van der Waals surface area contributed by atoms with Crippen LogP contribution >= 0.6 is 0 Å². The molecule has 2 heteroatoms. The quantitative estimate of drug-likeness (QED) is 0.671. The third kappa shape index (κ3) is 3.37. The van der Waals surface area contributed by atoms with Crippen molar-refractivity contribution in [2.45, 2.75) is 0 Å². The molecule has 0 aliphatic heterocycles. The van der Waals surface area contributed by atoms with Crippen LogP contribution in [0.4, 0.5) is 0 Å². The van der Waals surface area contributed by atoms with E-state index in [1.807, 2.05) is 27.1 Å². The standard InChI is InChI=1S/2C6H5.Cu.Li.H/c2*1-2-4-6-5-3-1;;;/h2*1-5H;;;. The summed E-state index contributed by atoms with van der Waals surface area (Å²) in [5.41, 5.74) is 0. The molecule has 0 spiro atoms. The Labute approximate surface area is 103 Å². The fraction of sp³-hybridized carbons (Fsp3) is 0. The van der Waals surface area contributed by atoms with Crippen LogP contribution in [0.5, 0.6) is 0 Å². The molecule has 0 bridgehead atoms. The van der Waals surface area contributed by atoms with E-state index < -0.39 is 0 Å². The van der Waals surface area contributed by atoms with Crippen LogP contribution in [0.1, 0.15) is 0 Å². The molecule has 0 fully saturated rings. The minimum absolute atomic E-state index is 0. The van der Waals surface area contributed by atoms with Crippen LogP contribution in [0, 0.1) is 0 Å². The second-order valence-electron chi connectivity index (χ2n) is 2.58. The van der Waals surface area contributed by atoms with Gasteiger partial charge in [-0.1, -0.05) is 0 Å². The molecular formula is C12H11CuLi. The first-order chi connectivity index (χ1) is 6.45. The van der Waals surface area contributed by atoms with E-state index in [2.05, 4.69) is 48.5 Å². The van der Waals surface area contributed by atoms with Gasteiger partial charge in [0.1, 0.15) is 0 Å². The maximum atomic E-state index is 2.12. The number of rotatable bonds is 2. The molecule has 2 aromatic carbocycles. The van der Waals surface area contributed by atoms with Gasteiger partial charge in [-0.3, -0.25) is 0 Å². The molecular weight excluding hydrogens is 215 g/mol. The molecule has 0 saturated carbocycles. The van der Waals surface area contributed by atoms with Gasteiger partial charge < -0.3 is 0 Å². The summed E-state index contributed by atoms with van der Waals surface area (Å²) in [6, 6.07) is 20.8. The summed E-state index contributed by atoms with van der Waals surface area (Å²) in [7, 11) is 0. The van der Waals surface area contributed by atoms with Gasteiger partial charge in [0.15, 0.2) is 0 Å². The Kier molecular flexibility index (Phi) is 5.08. The summed E-state index contributed by atoms with van der Waals surface area (Å²) >= 11 is 1.88. The molecule has 0 aliphatic carbocycles. The Morgan fingerprint density at radius 2 is 0.929 bits per heavy atom. The zero-order valence-corrected chi connectivity index (χ0v) is 8.02. The van der Waals surface area contributed by atoms with Gasteiger partial charge in [0.2, 0.25) is 0 Å². The van der Waals surface area contributed by atoms with Gasteiger partial charge in [-0.15, -0.1) is 0 Å². The molecule has 0 unspecified atom stereocenters. The van der Waals surface area contributed by atoms with E-state index >= 15 is 0 Å². The van der Waals surface area contributed by atoms with Crippen LogP contribution < -0.4 is 8.92 Å². The van der Waals surface area contributed by atoms with Crippen LogP contribution in [0.25, 0.3) is 0 Å². The van der Waals surface area contributed by atoms with Gasteiger partial charge >= 0.3 is 103 Å². The van der Waals surface area contributed by atoms with E-state index in [0.717, 1.165) is 0 Å². The Balaban J connectivity index is 0.000000980. The second kappa shape index (κ2) is 6.12. The molecule has 2 rings (SSSR count). The summed E-state index contributed by atoms with van der Waals surface area (Å²) in [5, 5.41) is 0. The Bertz CT molecular complexity index is 321. The fourth-order valence-corrected chi connectivity index (χ4v) is 1.99. The molecule has 0 aliphatic rings. The second-order valence-corrected chi connectivity index (χ2v) is 3.90. The number of hydrogen-bond acceptors (Lipinski definition) is 0. The van der Waals surface area contributed by atoms with Crippen LogP contribution in [0.15, 0.2) is 60.7 Å². The van der Waals surface area contributed by atoms with Gasteiger partial charge in [-0.05, 0) is 0 Å². The van der Waals surface area contributed by atoms with Crippen LogP contribution in [-0.4, -0.2) is 18.9 Å². The van der Waals surface area contributed by atoms with E-state index in [9.17, 15) is 0 Å². The van der Waals surface area contributed by atoms with Crippen molar-refractivity contribution in [1.82, 2.24) is 0 Å². The van der Waals surface area contributed by atoms with E-state index in [1.165, 1.54) is 8.92 Å².